The van der Waals surface area contributed by atoms with Gasteiger partial charge in [0.05, 0.1) is 18.1 Å². The lowest BCUT2D eigenvalue weighted by Gasteiger charge is -2.27. The van der Waals surface area contributed by atoms with Crippen molar-refractivity contribution in [1.82, 2.24) is 9.62 Å². The highest BCUT2D eigenvalue weighted by Gasteiger charge is 2.28. The number of nitrogens with zero attached hydrogens (tertiary/aromatic N) is 2. The van der Waals surface area contributed by atoms with Gasteiger partial charge >= 0.3 is 0 Å². The molecule has 2 aliphatic heterocycles. The second-order valence-corrected chi connectivity index (χ2v) is 9.82. The predicted molar refractivity (Wildman–Crippen MR) is 125 cm³/mol. The van der Waals surface area contributed by atoms with Crippen LogP contribution in [0.3, 0.4) is 0 Å². The van der Waals surface area contributed by atoms with Crippen molar-refractivity contribution in [3.05, 3.63) is 65.7 Å². The van der Waals surface area contributed by atoms with Gasteiger partial charge < -0.3 is 15.0 Å². The summed E-state index contributed by atoms with van der Waals surface area (Å²) in [6.45, 7) is 2.21. The van der Waals surface area contributed by atoms with Gasteiger partial charge in [0.25, 0.3) is 0 Å². The highest BCUT2D eigenvalue weighted by Crippen LogP contribution is 2.23. The number of rotatable bonds is 7. The summed E-state index contributed by atoms with van der Waals surface area (Å²) in [6.07, 6.45) is 4.55. The van der Waals surface area contributed by atoms with E-state index in [1.807, 2.05) is 24.3 Å². The van der Waals surface area contributed by atoms with Crippen molar-refractivity contribution in [2.75, 3.05) is 37.7 Å². The first-order valence-corrected chi connectivity index (χ1v) is 12.4. The Labute approximate surface area is 193 Å². The molecule has 0 aliphatic carbocycles. The Morgan fingerprint density at radius 3 is 2.45 bits per heavy atom. The van der Waals surface area contributed by atoms with Gasteiger partial charge in [0.1, 0.15) is 0 Å². The molecule has 8 nitrogen and oxygen atoms in total. The van der Waals surface area contributed by atoms with Gasteiger partial charge in [-0.25, -0.2) is 8.42 Å². The number of amides is 2. The van der Waals surface area contributed by atoms with Crippen molar-refractivity contribution in [2.24, 2.45) is 0 Å². The lowest BCUT2D eigenvalue weighted by molar-refractivity contribution is -0.117. The zero-order chi connectivity index (χ0) is 23.3. The molecule has 2 fully saturated rings. The number of morpholine rings is 1. The summed E-state index contributed by atoms with van der Waals surface area (Å²) in [5.74, 6) is -0.194. The number of hydrogen-bond donors (Lipinski definition) is 1. The Balaban J connectivity index is 1.37. The molecule has 0 saturated carbocycles. The molecule has 0 radical (unpaired) electrons. The van der Waals surface area contributed by atoms with Gasteiger partial charge in [0.2, 0.25) is 21.8 Å². The zero-order valence-electron chi connectivity index (χ0n) is 18.3. The fourth-order valence-corrected chi connectivity index (χ4v) is 5.56. The quantitative estimate of drug-likeness (QED) is 0.627. The monoisotopic (exact) mass is 469 g/mol. The number of hydrogen-bond acceptors (Lipinski definition) is 5. The normalized spacial score (nSPS) is 17.6. The molecule has 4 rings (SSSR count). The average molecular weight is 470 g/mol. The molecule has 2 heterocycles. The molecule has 0 aromatic heterocycles. The van der Waals surface area contributed by atoms with Crippen molar-refractivity contribution in [1.29, 1.82) is 0 Å². The van der Waals surface area contributed by atoms with E-state index in [1.54, 1.807) is 35.2 Å². The fourth-order valence-electron chi connectivity index (χ4n) is 3.93. The van der Waals surface area contributed by atoms with E-state index >= 15 is 0 Å². The van der Waals surface area contributed by atoms with Crippen molar-refractivity contribution in [3.8, 4) is 0 Å². The largest absolute Gasteiger partial charge is 0.379 e. The number of carbonyl (C=O) groups is 2. The van der Waals surface area contributed by atoms with E-state index in [0.29, 0.717) is 38.3 Å². The summed E-state index contributed by atoms with van der Waals surface area (Å²) in [4.78, 5) is 26.2. The van der Waals surface area contributed by atoms with E-state index < -0.39 is 10.0 Å². The number of carbonyl (C=O) groups excluding carboxylic acids is 2. The molecular weight excluding hydrogens is 442 g/mol. The third kappa shape index (κ3) is 5.50. The van der Waals surface area contributed by atoms with Gasteiger partial charge in [0, 0.05) is 44.4 Å². The molecule has 9 heteroatoms. The standard InChI is InChI=1S/C24H27N3O5S/c28-23(12-9-19-7-10-21(11-8-19)27-13-3-6-24(27)29)25-18-20-4-1-2-5-22(20)33(30,31)26-14-16-32-17-15-26/h1-2,4-5,7-12H,3,6,13-18H2,(H,25,28)/b12-9+. The SMILES string of the molecule is O=C(/C=C/c1ccc(N2CCCC2=O)cc1)NCc1ccccc1S(=O)(=O)N1CCOCC1. The Kier molecular flexibility index (Phi) is 7.22. The Morgan fingerprint density at radius 2 is 1.76 bits per heavy atom. The number of ether oxygens (including phenoxy) is 1. The Hall–Kier alpha value is -3.01. The zero-order valence-corrected chi connectivity index (χ0v) is 19.1. The summed E-state index contributed by atoms with van der Waals surface area (Å²) in [5, 5.41) is 2.76. The number of benzene rings is 2. The number of sulfonamides is 1. The van der Waals surface area contributed by atoms with Gasteiger partial charge in [-0.15, -0.1) is 0 Å². The fraction of sp³-hybridized carbons (Fsp3) is 0.333. The van der Waals surface area contributed by atoms with Crippen molar-refractivity contribution < 1.29 is 22.7 Å². The summed E-state index contributed by atoms with van der Waals surface area (Å²) in [5.41, 5.74) is 2.22. The van der Waals surface area contributed by atoms with E-state index in [1.165, 1.54) is 10.4 Å². The van der Waals surface area contributed by atoms with Gasteiger partial charge in [-0.05, 0) is 41.8 Å². The lowest BCUT2D eigenvalue weighted by atomic mass is 10.2. The molecule has 1 N–H and O–H groups in total. The highest BCUT2D eigenvalue weighted by atomic mass is 32.2. The van der Waals surface area contributed by atoms with Crippen molar-refractivity contribution in [2.45, 2.75) is 24.3 Å². The van der Waals surface area contributed by atoms with E-state index in [2.05, 4.69) is 5.32 Å². The molecule has 33 heavy (non-hydrogen) atoms. The molecule has 2 aromatic carbocycles. The maximum absolute atomic E-state index is 13.0. The second kappa shape index (κ2) is 10.3. The molecule has 2 amide bonds. The van der Waals surface area contributed by atoms with Gasteiger partial charge in [-0.2, -0.15) is 4.31 Å². The van der Waals surface area contributed by atoms with Crippen LogP contribution in [0.5, 0.6) is 0 Å². The average Bonchev–Trinajstić information content (AvgIpc) is 3.28. The predicted octanol–water partition coefficient (Wildman–Crippen LogP) is 2.16. The van der Waals surface area contributed by atoms with Crippen LogP contribution in [-0.2, 0) is 30.9 Å². The molecule has 2 aromatic rings. The van der Waals surface area contributed by atoms with Crippen LogP contribution in [0.1, 0.15) is 24.0 Å². The molecular formula is C24H27N3O5S. The Bertz CT molecular complexity index is 1140. The summed E-state index contributed by atoms with van der Waals surface area (Å²) >= 11 is 0. The highest BCUT2D eigenvalue weighted by molar-refractivity contribution is 7.89. The molecule has 0 spiro atoms. The summed E-state index contributed by atoms with van der Waals surface area (Å²) in [7, 11) is -3.65. The summed E-state index contributed by atoms with van der Waals surface area (Å²) < 4.78 is 32.7. The number of anilines is 1. The van der Waals surface area contributed by atoms with E-state index in [4.69, 9.17) is 4.74 Å². The number of nitrogens with one attached hydrogen (secondary N) is 1. The smallest absolute Gasteiger partial charge is 0.244 e. The minimum Gasteiger partial charge on any atom is -0.379 e. The second-order valence-electron chi connectivity index (χ2n) is 7.92. The van der Waals surface area contributed by atoms with Crippen LogP contribution in [0, 0.1) is 0 Å². The molecule has 174 valence electrons. The first kappa shape index (κ1) is 23.2. The third-order valence-electron chi connectivity index (χ3n) is 5.72. The van der Waals surface area contributed by atoms with Crippen LogP contribution >= 0.6 is 0 Å². The van der Waals surface area contributed by atoms with Crippen LogP contribution in [0.15, 0.2) is 59.5 Å². The first-order chi connectivity index (χ1) is 15.9. The molecule has 0 atom stereocenters. The van der Waals surface area contributed by atoms with Gasteiger partial charge in [-0.3, -0.25) is 9.59 Å². The minimum atomic E-state index is -3.65. The molecule has 0 unspecified atom stereocenters. The lowest BCUT2D eigenvalue weighted by Crippen LogP contribution is -2.41. The van der Waals surface area contributed by atoms with Crippen LogP contribution in [-0.4, -0.2) is 57.4 Å². The molecule has 2 saturated heterocycles. The molecule has 2 aliphatic rings. The van der Waals surface area contributed by atoms with E-state index in [-0.39, 0.29) is 23.3 Å². The first-order valence-electron chi connectivity index (χ1n) is 11.0. The van der Waals surface area contributed by atoms with E-state index in [9.17, 15) is 18.0 Å². The van der Waals surface area contributed by atoms with Crippen LogP contribution in [0.4, 0.5) is 5.69 Å². The third-order valence-corrected chi connectivity index (χ3v) is 7.72. The maximum atomic E-state index is 13.0. The van der Waals surface area contributed by atoms with Crippen LogP contribution < -0.4 is 10.2 Å². The van der Waals surface area contributed by atoms with Crippen LogP contribution in [0.25, 0.3) is 6.08 Å². The van der Waals surface area contributed by atoms with E-state index in [0.717, 1.165) is 24.2 Å². The van der Waals surface area contributed by atoms with Gasteiger partial charge in [0.15, 0.2) is 0 Å². The van der Waals surface area contributed by atoms with Gasteiger partial charge in [-0.1, -0.05) is 30.3 Å². The Morgan fingerprint density at radius 1 is 1.03 bits per heavy atom. The molecule has 0 bridgehead atoms. The van der Waals surface area contributed by atoms with Crippen LogP contribution in [0.2, 0.25) is 0 Å². The van der Waals surface area contributed by atoms with Crippen molar-refractivity contribution in [3.63, 3.8) is 0 Å². The minimum absolute atomic E-state index is 0.0962. The summed E-state index contributed by atoms with van der Waals surface area (Å²) in [6, 6.07) is 14.1. The van der Waals surface area contributed by atoms with Crippen molar-refractivity contribution >= 4 is 33.6 Å². The topological polar surface area (TPSA) is 96.0 Å². The maximum Gasteiger partial charge on any atom is 0.244 e.